The van der Waals surface area contributed by atoms with Gasteiger partial charge in [-0.25, -0.2) is 0 Å². The van der Waals surface area contributed by atoms with Crippen LogP contribution >= 0.6 is 0 Å². The molecule has 0 N–H and O–H groups in total. The molecule has 0 aromatic rings. The van der Waals surface area contributed by atoms with Crippen molar-refractivity contribution < 1.29 is 28.4 Å². The van der Waals surface area contributed by atoms with E-state index in [1.54, 1.807) is 0 Å². The van der Waals surface area contributed by atoms with E-state index < -0.39 is 0 Å². The van der Waals surface area contributed by atoms with Crippen molar-refractivity contribution >= 4 is 0 Å². The molecule has 0 fully saturated rings. The fraction of sp³-hybridized carbons (Fsp3) is 1.00. The quantitative estimate of drug-likeness (QED) is 0.169. The summed E-state index contributed by atoms with van der Waals surface area (Å²) in [5.41, 5.74) is 0. The Bertz CT molecular complexity index is 263. The highest BCUT2D eigenvalue weighted by atomic mass is 16.6. The second kappa shape index (κ2) is 28.8. The van der Waals surface area contributed by atoms with Crippen molar-refractivity contribution in [1.82, 2.24) is 0 Å². The lowest BCUT2D eigenvalue weighted by Gasteiger charge is -2.08. The molecule has 6 heteroatoms. The van der Waals surface area contributed by atoms with E-state index >= 15 is 0 Å². The first-order valence-electron chi connectivity index (χ1n) is 12.4. The predicted octanol–water partition coefficient (Wildman–Crippen LogP) is 5.03. The lowest BCUT2D eigenvalue weighted by atomic mass is 10.1. The molecular weight excluding hydrogens is 384 g/mol. The first-order chi connectivity index (χ1) is 14.9. The smallest absolute Gasteiger partial charge is 0.0701 e. The summed E-state index contributed by atoms with van der Waals surface area (Å²) >= 11 is 0. The average Bonchev–Trinajstić information content (AvgIpc) is 2.76. The molecule has 0 heterocycles. The van der Waals surface area contributed by atoms with Crippen LogP contribution < -0.4 is 0 Å². The maximum atomic E-state index is 5.57. The van der Waals surface area contributed by atoms with Crippen LogP contribution in [0.2, 0.25) is 0 Å². The van der Waals surface area contributed by atoms with Gasteiger partial charge in [0, 0.05) is 13.2 Å². The van der Waals surface area contributed by atoms with Crippen molar-refractivity contribution in [2.45, 2.75) is 78.1 Å². The van der Waals surface area contributed by atoms with Gasteiger partial charge in [-0.1, -0.05) is 65.2 Å². The van der Waals surface area contributed by atoms with Crippen LogP contribution in [0, 0.1) is 0 Å². The monoisotopic (exact) mass is 434 g/mol. The normalized spacial score (nSPS) is 11.4. The third kappa shape index (κ3) is 27.8. The zero-order chi connectivity index (χ0) is 21.8. The SMILES string of the molecule is CCCCCCCCOCCOCCOCCOCCOCCOCCCCCC. The molecule has 30 heavy (non-hydrogen) atoms. The lowest BCUT2D eigenvalue weighted by molar-refractivity contribution is -0.0169. The van der Waals surface area contributed by atoms with Gasteiger partial charge in [0.15, 0.2) is 0 Å². The van der Waals surface area contributed by atoms with Gasteiger partial charge >= 0.3 is 0 Å². The second-order valence-corrected chi connectivity index (χ2v) is 7.50. The third-order valence-electron chi connectivity index (χ3n) is 4.64. The number of hydrogen-bond acceptors (Lipinski definition) is 6. The van der Waals surface area contributed by atoms with Crippen molar-refractivity contribution in [2.75, 3.05) is 79.3 Å². The molecule has 182 valence electrons. The molecule has 0 bridgehead atoms. The van der Waals surface area contributed by atoms with Gasteiger partial charge in [0.2, 0.25) is 0 Å². The van der Waals surface area contributed by atoms with Gasteiger partial charge in [0.25, 0.3) is 0 Å². The molecule has 0 rings (SSSR count). The van der Waals surface area contributed by atoms with Crippen LogP contribution in [0.1, 0.15) is 78.1 Å². The minimum Gasteiger partial charge on any atom is -0.379 e. The van der Waals surface area contributed by atoms with E-state index in [-0.39, 0.29) is 0 Å². The number of hydrogen-bond donors (Lipinski definition) is 0. The van der Waals surface area contributed by atoms with Crippen LogP contribution in [-0.4, -0.2) is 79.3 Å². The van der Waals surface area contributed by atoms with E-state index in [4.69, 9.17) is 28.4 Å². The summed E-state index contributed by atoms with van der Waals surface area (Å²) in [5, 5.41) is 0. The van der Waals surface area contributed by atoms with Gasteiger partial charge in [-0.2, -0.15) is 0 Å². The van der Waals surface area contributed by atoms with Crippen LogP contribution in [0.25, 0.3) is 0 Å². The Morgan fingerprint density at radius 3 is 0.833 bits per heavy atom. The predicted molar refractivity (Wildman–Crippen MR) is 122 cm³/mol. The minimum absolute atomic E-state index is 0.582. The van der Waals surface area contributed by atoms with Gasteiger partial charge in [0.1, 0.15) is 0 Å². The topological polar surface area (TPSA) is 55.4 Å². The Kier molecular flexibility index (Phi) is 28.5. The van der Waals surface area contributed by atoms with Crippen molar-refractivity contribution in [3.63, 3.8) is 0 Å². The molecule has 0 aliphatic carbocycles. The van der Waals surface area contributed by atoms with E-state index in [9.17, 15) is 0 Å². The highest BCUT2D eigenvalue weighted by Crippen LogP contribution is 2.04. The van der Waals surface area contributed by atoms with E-state index in [0.717, 1.165) is 26.1 Å². The molecule has 0 saturated heterocycles. The summed E-state index contributed by atoms with van der Waals surface area (Å²) in [6.07, 6.45) is 12.7. The first kappa shape index (κ1) is 29.8. The fourth-order valence-corrected chi connectivity index (χ4v) is 2.82. The van der Waals surface area contributed by atoms with Crippen LogP contribution in [0.3, 0.4) is 0 Å². The number of ether oxygens (including phenoxy) is 6. The van der Waals surface area contributed by atoms with Crippen LogP contribution in [0.15, 0.2) is 0 Å². The molecule has 6 nitrogen and oxygen atoms in total. The molecular formula is C24H50O6. The summed E-state index contributed by atoms with van der Waals surface area (Å²) in [5.74, 6) is 0. The first-order valence-corrected chi connectivity index (χ1v) is 12.4. The van der Waals surface area contributed by atoms with Crippen LogP contribution in [0.4, 0.5) is 0 Å². The minimum atomic E-state index is 0.582. The van der Waals surface area contributed by atoms with Gasteiger partial charge in [-0.15, -0.1) is 0 Å². The molecule has 0 amide bonds. The standard InChI is InChI=1S/C24H50O6/c1-3-5-7-9-10-12-14-26-16-18-28-20-22-30-24-23-29-21-19-27-17-15-25-13-11-8-6-4-2/h3-24H2,1-2H3. The Morgan fingerprint density at radius 1 is 0.267 bits per heavy atom. The van der Waals surface area contributed by atoms with Gasteiger partial charge < -0.3 is 28.4 Å². The highest BCUT2D eigenvalue weighted by molar-refractivity contribution is 4.44. The van der Waals surface area contributed by atoms with E-state index in [1.807, 2.05) is 0 Å². The highest BCUT2D eigenvalue weighted by Gasteiger charge is 1.95. The van der Waals surface area contributed by atoms with Crippen molar-refractivity contribution in [3.05, 3.63) is 0 Å². The largest absolute Gasteiger partial charge is 0.379 e. The molecule has 0 radical (unpaired) electrons. The van der Waals surface area contributed by atoms with Gasteiger partial charge in [-0.05, 0) is 12.8 Å². The van der Waals surface area contributed by atoms with Crippen LogP contribution in [-0.2, 0) is 28.4 Å². The van der Waals surface area contributed by atoms with Gasteiger partial charge in [0.05, 0.1) is 66.1 Å². The number of rotatable bonds is 27. The molecule has 0 spiro atoms. The Hall–Kier alpha value is -0.240. The zero-order valence-corrected chi connectivity index (χ0v) is 20.0. The molecule has 0 aliphatic rings. The fourth-order valence-electron chi connectivity index (χ4n) is 2.82. The summed E-state index contributed by atoms with van der Waals surface area (Å²) in [7, 11) is 0. The molecule has 0 unspecified atom stereocenters. The molecule has 0 saturated carbocycles. The molecule has 0 aromatic carbocycles. The Labute approximate surface area is 186 Å². The molecule has 0 aromatic heterocycles. The number of unbranched alkanes of at least 4 members (excludes halogenated alkanes) is 8. The third-order valence-corrected chi connectivity index (χ3v) is 4.64. The van der Waals surface area contributed by atoms with Crippen LogP contribution in [0.5, 0.6) is 0 Å². The average molecular weight is 435 g/mol. The lowest BCUT2D eigenvalue weighted by Crippen LogP contribution is -2.14. The zero-order valence-electron chi connectivity index (χ0n) is 20.0. The summed E-state index contributed by atoms with van der Waals surface area (Å²) < 4.78 is 33.0. The van der Waals surface area contributed by atoms with E-state index in [2.05, 4.69) is 13.8 Å². The van der Waals surface area contributed by atoms with Crippen molar-refractivity contribution in [3.8, 4) is 0 Å². The van der Waals surface area contributed by atoms with Crippen molar-refractivity contribution in [1.29, 1.82) is 0 Å². The van der Waals surface area contributed by atoms with E-state index in [0.29, 0.717) is 66.1 Å². The Balaban J connectivity index is 2.97. The van der Waals surface area contributed by atoms with E-state index in [1.165, 1.54) is 51.4 Å². The summed E-state index contributed by atoms with van der Waals surface area (Å²) in [6.45, 7) is 12.3. The van der Waals surface area contributed by atoms with Crippen molar-refractivity contribution in [2.24, 2.45) is 0 Å². The molecule has 0 aliphatic heterocycles. The second-order valence-electron chi connectivity index (χ2n) is 7.50. The maximum Gasteiger partial charge on any atom is 0.0701 e. The maximum absolute atomic E-state index is 5.57. The summed E-state index contributed by atoms with van der Waals surface area (Å²) in [4.78, 5) is 0. The van der Waals surface area contributed by atoms with Gasteiger partial charge in [-0.3, -0.25) is 0 Å². The summed E-state index contributed by atoms with van der Waals surface area (Å²) in [6, 6.07) is 0. The Morgan fingerprint density at radius 2 is 0.500 bits per heavy atom. The molecule has 0 atom stereocenters.